The van der Waals surface area contributed by atoms with Gasteiger partial charge in [0.05, 0.1) is 33.8 Å². The first kappa shape index (κ1) is 76.3. The van der Waals surface area contributed by atoms with Gasteiger partial charge in [-0.1, -0.05) is 40.0 Å². The maximum atomic E-state index is 13.6. The van der Waals surface area contributed by atoms with Crippen LogP contribution < -0.4 is 31.9 Å². The highest BCUT2D eigenvalue weighted by atomic mass is 19.1. The molecule has 3 aliphatic carbocycles. The number of carbonyl (C=O) groups excluding carboxylic acids is 10. The molecule has 1 aliphatic heterocycles. The van der Waals surface area contributed by atoms with Gasteiger partial charge in [0.1, 0.15) is 23.0 Å². The van der Waals surface area contributed by atoms with Crippen LogP contribution in [0.25, 0.3) is 0 Å². The average Bonchev–Trinajstić information content (AvgIpc) is 1.04. The van der Waals surface area contributed by atoms with Crippen molar-refractivity contribution in [3.05, 3.63) is 156 Å². The maximum Gasteiger partial charge on any atom is 0.294 e. The van der Waals surface area contributed by atoms with Gasteiger partial charge in [0.15, 0.2) is 0 Å². The van der Waals surface area contributed by atoms with Crippen molar-refractivity contribution in [2.24, 2.45) is 38.4 Å². The largest absolute Gasteiger partial charge is 0.346 e. The molecule has 3 saturated carbocycles. The number of aromatic nitrogens is 3. The number of halogens is 3. The summed E-state index contributed by atoms with van der Waals surface area (Å²) in [7, 11) is 4.96. The molecule has 10 rings (SSSR count). The lowest BCUT2D eigenvalue weighted by atomic mass is 9.50. The SMILES string of the molecule is CCC1(NC(=O)C(=O)c2c(C)c(C(=O)Nc3ccc(F)c(C)c3)c(C)n2C)CCCCC1.Cc1cc(NC(=O)c2c(C)c(C(=O)C(=O)NC(C)(C)C(=O)N3CCC(C)CC3)n(C)c2C)ccc1F.Cc1cc(NC(=O)c2c(C)c(C(=O)C(=O)NC3CC4(CC(C)C4)C3)n(C)c2C)ccc1F. The minimum Gasteiger partial charge on any atom is -0.346 e. The van der Waals surface area contributed by atoms with E-state index >= 15 is 0 Å². The average molecular weight is 1380 g/mol. The lowest BCUT2D eigenvalue weighted by Crippen LogP contribution is -2.58. The number of carbonyl (C=O) groups is 10. The number of anilines is 3. The molecule has 4 heterocycles. The van der Waals surface area contributed by atoms with Gasteiger partial charge in [-0.25, -0.2) is 13.2 Å². The molecule has 0 atom stereocenters. The normalized spacial score (nSPS) is 17.8. The zero-order valence-electron chi connectivity index (χ0n) is 60.8. The molecule has 3 aromatic heterocycles. The second-order valence-electron chi connectivity index (χ2n) is 29.0. The topological polar surface area (TPSA) is 261 Å². The Morgan fingerprint density at radius 2 is 0.860 bits per heavy atom. The quantitative estimate of drug-likeness (QED) is 0.0372. The number of likely N-dealkylation sites (tertiary alicyclic amines) is 1. The fraction of sp³-hybridized carbons (Fsp3) is 0.481. The van der Waals surface area contributed by atoms with Crippen LogP contribution in [0.1, 0.15) is 225 Å². The Balaban J connectivity index is 0.000000191. The molecular formula is C77H97F3N10O10. The molecule has 100 heavy (non-hydrogen) atoms. The van der Waals surface area contributed by atoms with E-state index in [0.717, 1.165) is 70.1 Å². The summed E-state index contributed by atoms with van der Waals surface area (Å²) >= 11 is 0. The number of rotatable bonds is 17. The maximum absolute atomic E-state index is 13.6. The molecule has 1 saturated heterocycles. The van der Waals surface area contributed by atoms with Gasteiger partial charge in [-0.2, -0.15) is 0 Å². The number of nitrogens with one attached hydrogen (secondary N) is 6. The van der Waals surface area contributed by atoms with Crippen LogP contribution in [0, 0.1) is 97.0 Å². The van der Waals surface area contributed by atoms with Crippen molar-refractivity contribution in [3.8, 4) is 0 Å². The molecule has 7 amide bonds. The summed E-state index contributed by atoms with van der Waals surface area (Å²) in [4.78, 5) is 132. The zero-order valence-corrected chi connectivity index (χ0v) is 60.8. The van der Waals surface area contributed by atoms with Crippen LogP contribution in [0.2, 0.25) is 0 Å². The second kappa shape index (κ2) is 30.6. The Morgan fingerprint density at radius 1 is 0.500 bits per heavy atom. The van der Waals surface area contributed by atoms with Crippen LogP contribution in [0.3, 0.4) is 0 Å². The number of Topliss-reactive ketones (excluding diaryl/α,β-unsaturated/α-hetero) is 3. The van der Waals surface area contributed by atoms with Crippen molar-refractivity contribution >= 4 is 75.8 Å². The molecular weight excluding hydrogens is 1280 g/mol. The summed E-state index contributed by atoms with van der Waals surface area (Å²) in [5.74, 6) is -5.54. The van der Waals surface area contributed by atoms with Crippen molar-refractivity contribution in [3.63, 3.8) is 0 Å². The summed E-state index contributed by atoms with van der Waals surface area (Å²) in [5.41, 5.74) is 5.72. The van der Waals surface area contributed by atoms with E-state index in [1.165, 1.54) is 59.9 Å². The molecule has 6 N–H and O–H groups in total. The van der Waals surface area contributed by atoms with Gasteiger partial charge in [-0.05, 0) is 239 Å². The summed E-state index contributed by atoms with van der Waals surface area (Å²) < 4.78 is 45.3. The van der Waals surface area contributed by atoms with E-state index in [1.807, 2.05) is 6.92 Å². The number of benzene rings is 3. The summed E-state index contributed by atoms with van der Waals surface area (Å²) in [5, 5.41) is 16.7. The van der Waals surface area contributed by atoms with Gasteiger partial charge in [0.2, 0.25) is 5.91 Å². The number of hydrogen-bond donors (Lipinski definition) is 6. The number of hydrogen-bond acceptors (Lipinski definition) is 10. The number of amides is 7. The fourth-order valence-electron chi connectivity index (χ4n) is 15.2. The van der Waals surface area contributed by atoms with E-state index in [4.69, 9.17) is 0 Å². The molecule has 0 unspecified atom stereocenters. The highest BCUT2D eigenvalue weighted by Crippen LogP contribution is 2.58. The first-order valence-corrected chi connectivity index (χ1v) is 34.4. The molecule has 3 aromatic carbocycles. The second-order valence-corrected chi connectivity index (χ2v) is 29.0. The lowest BCUT2D eigenvalue weighted by Gasteiger charge is -2.57. The van der Waals surface area contributed by atoms with Crippen molar-refractivity contribution in [1.29, 1.82) is 0 Å². The molecule has 0 bridgehead atoms. The third-order valence-electron chi connectivity index (χ3n) is 21.1. The molecule has 4 fully saturated rings. The monoisotopic (exact) mass is 1380 g/mol. The zero-order chi connectivity index (χ0) is 73.9. The number of nitrogens with zero attached hydrogens (tertiary/aromatic N) is 4. The number of piperidine rings is 1. The van der Waals surface area contributed by atoms with E-state index < -0.39 is 58.3 Å². The minimum atomic E-state index is -1.26. The van der Waals surface area contributed by atoms with Crippen LogP contribution >= 0.6 is 0 Å². The summed E-state index contributed by atoms with van der Waals surface area (Å²) in [6.45, 7) is 25.8. The van der Waals surface area contributed by atoms with Gasteiger partial charge < -0.3 is 50.5 Å². The Hall–Kier alpha value is -9.41. The predicted molar refractivity (Wildman–Crippen MR) is 378 cm³/mol. The van der Waals surface area contributed by atoms with E-state index in [1.54, 1.807) is 123 Å². The van der Waals surface area contributed by atoms with Gasteiger partial charge in [-0.15, -0.1) is 0 Å². The molecule has 4 aliphatic rings. The van der Waals surface area contributed by atoms with E-state index in [-0.39, 0.29) is 57.6 Å². The van der Waals surface area contributed by atoms with Crippen molar-refractivity contribution < 1.29 is 61.1 Å². The molecule has 0 radical (unpaired) electrons. The Morgan fingerprint density at radius 3 is 1.21 bits per heavy atom. The molecule has 6 aromatic rings. The highest BCUT2D eigenvalue weighted by Gasteiger charge is 2.52. The standard InChI is InChI=1S/C27H35FN4O4.C25H30FN3O3.C25H32FN3O3/c1-15-10-12-32(13-11-15)26(36)27(5,6)30-25(35)23(33)22-17(3)21(18(4)31(22)7)24(34)29-19-8-9-20(28)16(2)14-19;1-13-9-25(10-13)11-18(12-25)28-24(32)22(30)21-15(3)20(16(4)29(21)5)23(31)27-17-6-7-19(26)14(2)8-17;1-6-25(12-8-7-9-13-25)28-24(32)22(30)21-16(3)20(17(4)29(21)5)23(31)27-18-10-11-19(26)15(2)14-18/h8-9,14-15H,10-13H2,1-7H3,(H,29,34)(H,30,35);6-8,13,18H,9-12H2,1-5H3,(H,27,31)(H,28,32);10-11,14H,6-9,12-13H2,1-5H3,(H,27,31)(H,28,32). The molecule has 1 spiro atoms. The van der Waals surface area contributed by atoms with Crippen molar-refractivity contribution in [2.45, 2.75) is 191 Å². The lowest BCUT2D eigenvalue weighted by molar-refractivity contribution is -0.140. The first-order chi connectivity index (χ1) is 46.8. The van der Waals surface area contributed by atoms with Crippen LogP contribution in [0.5, 0.6) is 0 Å². The third kappa shape index (κ3) is 16.2. The highest BCUT2D eigenvalue weighted by molar-refractivity contribution is 6.44. The fourth-order valence-corrected chi connectivity index (χ4v) is 15.2. The van der Waals surface area contributed by atoms with Crippen LogP contribution in [-0.4, -0.2) is 108 Å². The van der Waals surface area contributed by atoms with E-state index in [9.17, 15) is 61.1 Å². The van der Waals surface area contributed by atoms with Crippen molar-refractivity contribution in [1.82, 2.24) is 34.6 Å². The predicted octanol–water partition coefficient (Wildman–Crippen LogP) is 12.7. The van der Waals surface area contributed by atoms with E-state index in [2.05, 4.69) is 45.7 Å². The molecule has 20 nitrogen and oxygen atoms in total. The minimum absolute atomic E-state index is 0.0464. The van der Waals surface area contributed by atoms with Gasteiger partial charge in [-0.3, -0.25) is 47.9 Å². The number of ketones is 3. The smallest absolute Gasteiger partial charge is 0.294 e. The number of aryl methyl sites for hydroxylation is 3. The molecule has 23 heteroatoms. The summed E-state index contributed by atoms with van der Waals surface area (Å²) in [6.07, 6.45) is 11.8. The molecule has 536 valence electrons. The van der Waals surface area contributed by atoms with Gasteiger partial charge >= 0.3 is 0 Å². The van der Waals surface area contributed by atoms with Crippen LogP contribution in [0.4, 0.5) is 30.2 Å². The van der Waals surface area contributed by atoms with E-state index in [0.29, 0.717) is 103 Å². The Bertz CT molecular complexity index is 4260. The van der Waals surface area contributed by atoms with Crippen LogP contribution in [0.15, 0.2) is 54.6 Å². The Kier molecular flexibility index (Phi) is 23.4. The van der Waals surface area contributed by atoms with Gasteiger partial charge in [0.25, 0.3) is 52.8 Å². The van der Waals surface area contributed by atoms with Gasteiger partial charge in [0, 0.05) is 80.0 Å². The van der Waals surface area contributed by atoms with Crippen LogP contribution in [-0.2, 0) is 40.3 Å². The van der Waals surface area contributed by atoms with Crippen molar-refractivity contribution in [2.75, 3.05) is 29.0 Å². The first-order valence-electron chi connectivity index (χ1n) is 34.4. The third-order valence-corrected chi connectivity index (χ3v) is 21.1. The summed E-state index contributed by atoms with van der Waals surface area (Å²) in [6, 6.07) is 12.9. The Labute approximate surface area is 583 Å².